The Morgan fingerprint density at radius 3 is 2.41 bits per heavy atom. The molecular weight excluding hydrogens is 446 g/mol. The number of benzene rings is 1. The molecule has 0 aliphatic heterocycles. The van der Waals surface area contributed by atoms with Crippen LogP contribution in [0.4, 0.5) is 11.4 Å². The molecule has 0 unspecified atom stereocenters. The minimum Gasteiger partial charge on any atom is -0.395 e. The summed E-state index contributed by atoms with van der Waals surface area (Å²) in [4.78, 5) is 41.0. The number of rotatable bonds is 6. The van der Waals surface area contributed by atoms with Gasteiger partial charge in [-0.3, -0.25) is 19.3 Å². The van der Waals surface area contributed by atoms with E-state index >= 15 is 0 Å². The van der Waals surface area contributed by atoms with Crippen molar-refractivity contribution in [2.45, 2.75) is 39.3 Å². The zero-order valence-corrected chi connectivity index (χ0v) is 19.8. The maximum Gasteiger partial charge on any atom is 0.273 e. The number of primary amides is 1. The number of anilines is 2. The number of aromatic nitrogens is 1. The molecule has 3 rings (SSSR count). The van der Waals surface area contributed by atoms with E-state index in [1.807, 2.05) is 57.3 Å². The number of carbonyl (C=O) groups excluding carboxylic acids is 3. The fraction of sp³-hybridized carbons (Fsp3) is 0.273. The minimum absolute atomic E-state index is 0.0467. The number of nitrogen functional groups attached to an aromatic ring is 1. The highest BCUT2D eigenvalue weighted by Crippen LogP contribution is 2.35. The van der Waals surface area contributed by atoms with Gasteiger partial charge in [-0.25, -0.2) is 0 Å². The Labute approximate surface area is 194 Å². The topological polar surface area (TPSA) is 131 Å². The van der Waals surface area contributed by atoms with Gasteiger partial charge in [0.2, 0.25) is 5.91 Å². The zero-order chi connectivity index (χ0) is 23.6. The number of hydrogen-bond acceptors (Lipinski definition) is 7. The SMILES string of the molecule is Cc1cccc(N(C(=O)c2snc(C(N)=O)c2N)[C@@H](C(=O)NC(C)(C)C)c2cccs2)c1. The Balaban J connectivity index is 2.19. The molecule has 3 aromatic rings. The molecule has 0 aliphatic carbocycles. The summed E-state index contributed by atoms with van der Waals surface area (Å²) in [6.07, 6.45) is 0. The van der Waals surface area contributed by atoms with Gasteiger partial charge in [0.05, 0.1) is 5.69 Å². The Kier molecular flexibility index (Phi) is 6.65. The Hall–Kier alpha value is -3.24. The van der Waals surface area contributed by atoms with Crippen molar-refractivity contribution in [1.82, 2.24) is 9.69 Å². The molecule has 0 fully saturated rings. The third-order valence-electron chi connectivity index (χ3n) is 4.47. The van der Waals surface area contributed by atoms with Crippen molar-refractivity contribution in [2.24, 2.45) is 5.73 Å². The normalized spacial score (nSPS) is 12.2. The van der Waals surface area contributed by atoms with Crippen LogP contribution in [0.5, 0.6) is 0 Å². The summed E-state index contributed by atoms with van der Waals surface area (Å²) < 4.78 is 3.95. The van der Waals surface area contributed by atoms with Crippen LogP contribution >= 0.6 is 22.9 Å². The molecule has 2 heterocycles. The quantitative estimate of drug-likeness (QED) is 0.506. The average molecular weight is 472 g/mol. The molecule has 32 heavy (non-hydrogen) atoms. The first-order valence-corrected chi connectivity index (χ1v) is 11.5. The molecule has 1 aromatic carbocycles. The molecule has 0 bridgehead atoms. The number of amides is 3. The molecule has 168 valence electrons. The van der Waals surface area contributed by atoms with E-state index < -0.39 is 23.4 Å². The minimum atomic E-state index is -0.956. The van der Waals surface area contributed by atoms with E-state index in [2.05, 4.69) is 9.69 Å². The number of nitrogens with zero attached hydrogens (tertiary/aromatic N) is 2. The van der Waals surface area contributed by atoms with Crippen molar-refractivity contribution in [2.75, 3.05) is 10.6 Å². The first-order chi connectivity index (χ1) is 15.0. The van der Waals surface area contributed by atoms with Crippen molar-refractivity contribution in [3.05, 3.63) is 62.8 Å². The van der Waals surface area contributed by atoms with Crippen LogP contribution in [0, 0.1) is 6.92 Å². The lowest BCUT2D eigenvalue weighted by Gasteiger charge is -2.33. The number of aryl methyl sites for hydroxylation is 1. The third-order valence-corrected chi connectivity index (χ3v) is 6.25. The molecule has 3 amide bonds. The molecule has 0 spiro atoms. The van der Waals surface area contributed by atoms with Crippen LogP contribution in [0.15, 0.2) is 41.8 Å². The number of nitrogens with two attached hydrogens (primary N) is 2. The molecule has 10 heteroatoms. The van der Waals surface area contributed by atoms with E-state index in [4.69, 9.17) is 11.5 Å². The molecule has 5 N–H and O–H groups in total. The molecule has 0 saturated carbocycles. The Bertz CT molecular complexity index is 1150. The van der Waals surface area contributed by atoms with Gasteiger partial charge in [-0.05, 0) is 68.4 Å². The largest absolute Gasteiger partial charge is 0.395 e. The second-order valence-electron chi connectivity index (χ2n) is 8.31. The molecule has 8 nitrogen and oxygen atoms in total. The second-order valence-corrected chi connectivity index (χ2v) is 10.1. The van der Waals surface area contributed by atoms with Crippen LogP contribution in [0.2, 0.25) is 0 Å². The van der Waals surface area contributed by atoms with Crippen molar-refractivity contribution in [1.29, 1.82) is 0 Å². The first-order valence-electron chi connectivity index (χ1n) is 9.80. The number of carbonyl (C=O) groups is 3. The van der Waals surface area contributed by atoms with Crippen molar-refractivity contribution in [3.63, 3.8) is 0 Å². The van der Waals surface area contributed by atoms with Crippen LogP contribution in [-0.2, 0) is 4.79 Å². The highest BCUT2D eigenvalue weighted by molar-refractivity contribution is 7.10. The van der Waals surface area contributed by atoms with Gasteiger partial charge >= 0.3 is 0 Å². The molecule has 0 aliphatic rings. The summed E-state index contributed by atoms with van der Waals surface area (Å²) in [7, 11) is 0. The Morgan fingerprint density at radius 2 is 1.88 bits per heavy atom. The lowest BCUT2D eigenvalue weighted by molar-refractivity contribution is -0.123. The fourth-order valence-corrected chi connectivity index (χ4v) is 4.71. The highest BCUT2D eigenvalue weighted by Gasteiger charge is 2.37. The van der Waals surface area contributed by atoms with Gasteiger partial charge in [0.15, 0.2) is 11.7 Å². The van der Waals surface area contributed by atoms with Gasteiger partial charge < -0.3 is 16.8 Å². The maximum atomic E-state index is 13.8. The number of nitrogens with one attached hydrogen (secondary N) is 1. The van der Waals surface area contributed by atoms with Gasteiger partial charge in [0, 0.05) is 16.1 Å². The lowest BCUT2D eigenvalue weighted by Crippen LogP contribution is -2.49. The Morgan fingerprint density at radius 1 is 1.16 bits per heavy atom. The summed E-state index contributed by atoms with van der Waals surface area (Å²) in [5.74, 6) is -1.70. The summed E-state index contributed by atoms with van der Waals surface area (Å²) in [5, 5.41) is 4.82. The van der Waals surface area contributed by atoms with Gasteiger partial charge in [0.25, 0.3) is 11.8 Å². The zero-order valence-electron chi connectivity index (χ0n) is 18.2. The first kappa shape index (κ1) is 23.4. The molecule has 1 atom stereocenters. The standard InChI is InChI=1S/C22H25N5O3S2/c1-12-7-5-8-13(11-12)27(21(30)18-15(23)16(19(24)28)26-32-18)17(14-9-6-10-31-14)20(29)25-22(2,3)4/h5-11,17H,23H2,1-4H3,(H2,24,28)(H,25,29)/t17-/m1/s1. The lowest BCUT2D eigenvalue weighted by atomic mass is 10.1. The van der Waals surface area contributed by atoms with E-state index in [-0.39, 0.29) is 22.2 Å². The second kappa shape index (κ2) is 9.09. The summed E-state index contributed by atoms with van der Waals surface area (Å²) >= 11 is 2.15. The molecule has 2 aromatic heterocycles. The van der Waals surface area contributed by atoms with Gasteiger partial charge in [-0.2, -0.15) is 4.37 Å². The van der Waals surface area contributed by atoms with Crippen LogP contribution in [0.3, 0.4) is 0 Å². The molecule has 0 saturated heterocycles. The monoisotopic (exact) mass is 471 g/mol. The third kappa shape index (κ3) is 4.97. The maximum absolute atomic E-state index is 13.8. The van der Waals surface area contributed by atoms with Crippen LogP contribution in [-0.4, -0.2) is 27.6 Å². The average Bonchev–Trinajstić information content (AvgIpc) is 3.33. The van der Waals surface area contributed by atoms with E-state index in [0.717, 1.165) is 17.1 Å². The number of thiophene rings is 1. The molecular formula is C22H25N5O3S2. The van der Waals surface area contributed by atoms with E-state index in [0.29, 0.717) is 10.6 Å². The fourth-order valence-electron chi connectivity index (χ4n) is 3.16. The van der Waals surface area contributed by atoms with Crippen LogP contribution < -0.4 is 21.7 Å². The van der Waals surface area contributed by atoms with Crippen molar-refractivity contribution >= 4 is 52.0 Å². The molecule has 0 radical (unpaired) electrons. The van der Waals surface area contributed by atoms with Crippen molar-refractivity contribution in [3.8, 4) is 0 Å². The van der Waals surface area contributed by atoms with E-state index in [9.17, 15) is 14.4 Å². The van der Waals surface area contributed by atoms with Gasteiger partial charge in [-0.15, -0.1) is 11.3 Å². The van der Waals surface area contributed by atoms with E-state index in [1.165, 1.54) is 16.2 Å². The summed E-state index contributed by atoms with van der Waals surface area (Å²) in [6.45, 7) is 7.51. The summed E-state index contributed by atoms with van der Waals surface area (Å²) in [6, 6.07) is 9.94. The predicted molar refractivity (Wildman–Crippen MR) is 128 cm³/mol. The van der Waals surface area contributed by atoms with Crippen LogP contribution in [0.1, 0.15) is 57.4 Å². The van der Waals surface area contributed by atoms with Gasteiger partial charge in [-0.1, -0.05) is 18.2 Å². The smallest absolute Gasteiger partial charge is 0.273 e. The summed E-state index contributed by atoms with van der Waals surface area (Å²) in [5.41, 5.74) is 12.0. The highest BCUT2D eigenvalue weighted by atomic mass is 32.1. The number of hydrogen-bond donors (Lipinski definition) is 3. The van der Waals surface area contributed by atoms with Crippen LogP contribution in [0.25, 0.3) is 0 Å². The van der Waals surface area contributed by atoms with E-state index in [1.54, 1.807) is 12.1 Å². The predicted octanol–water partition coefficient (Wildman–Crippen LogP) is 3.50. The van der Waals surface area contributed by atoms with Gasteiger partial charge in [0.1, 0.15) is 4.88 Å². The van der Waals surface area contributed by atoms with Crippen molar-refractivity contribution < 1.29 is 14.4 Å².